The number of thiophene rings is 1. The third kappa shape index (κ3) is 4.06. The number of fused-ring (bicyclic) bond motifs is 2. The summed E-state index contributed by atoms with van der Waals surface area (Å²) in [6.45, 7) is 5.98. The molecule has 164 valence electrons. The van der Waals surface area contributed by atoms with E-state index in [1.54, 1.807) is 11.3 Å². The molecular formula is C25H26N4O2S. The van der Waals surface area contributed by atoms with Crippen molar-refractivity contribution in [1.82, 2.24) is 19.4 Å². The van der Waals surface area contributed by atoms with Crippen molar-refractivity contribution in [2.24, 2.45) is 0 Å². The fraction of sp³-hybridized carbons (Fsp3) is 0.320. The fourth-order valence-electron chi connectivity index (χ4n) is 4.37. The van der Waals surface area contributed by atoms with Gasteiger partial charge in [0.15, 0.2) is 0 Å². The van der Waals surface area contributed by atoms with Crippen LogP contribution in [0.5, 0.6) is 0 Å². The molecule has 2 aromatic heterocycles. The van der Waals surface area contributed by atoms with Crippen molar-refractivity contribution in [2.45, 2.75) is 26.4 Å². The van der Waals surface area contributed by atoms with E-state index in [1.807, 2.05) is 11.0 Å². The minimum Gasteiger partial charge on any atom is -0.339 e. The molecule has 0 spiro atoms. The maximum absolute atomic E-state index is 12.9. The van der Waals surface area contributed by atoms with Gasteiger partial charge in [0.25, 0.3) is 5.56 Å². The molecule has 0 radical (unpaired) electrons. The quantitative estimate of drug-likeness (QED) is 0.471. The van der Waals surface area contributed by atoms with Gasteiger partial charge in [-0.2, -0.15) is 0 Å². The minimum absolute atomic E-state index is 0.0241. The average molecular weight is 447 g/mol. The van der Waals surface area contributed by atoms with Crippen molar-refractivity contribution in [3.05, 3.63) is 75.7 Å². The van der Waals surface area contributed by atoms with E-state index >= 15 is 0 Å². The molecule has 1 saturated heterocycles. The first-order valence-corrected chi connectivity index (χ1v) is 11.9. The third-order valence-corrected chi connectivity index (χ3v) is 7.41. The highest BCUT2D eigenvalue weighted by atomic mass is 32.1. The van der Waals surface area contributed by atoms with Crippen molar-refractivity contribution in [1.29, 1.82) is 0 Å². The first-order valence-electron chi connectivity index (χ1n) is 11.1. The molecule has 2 aromatic carbocycles. The van der Waals surface area contributed by atoms with Gasteiger partial charge in [-0.3, -0.25) is 19.1 Å². The normalized spacial score (nSPS) is 15.0. The topological polar surface area (TPSA) is 58.4 Å². The molecule has 0 N–H and O–H groups in total. The molecule has 0 atom stereocenters. The molecule has 0 aliphatic carbocycles. The van der Waals surface area contributed by atoms with Crippen molar-refractivity contribution in [3.63, 3.8) is 0 Å². The van der Waals surface area contributed by atoms with E-state index in [2.05, 4.69) is 59.3 Å². The van der Waals surface area contributed by atoms with Crippen molar-refractivity contribution in [3.8, 4) is 0 Å². The summed E-state index contributed by atoms with van der Waals surface area (Å²) in [7, 11) is 0. The molecular weight excluding hydrogens is 420 g/mol. The second-order valence-corrected chi connectivity index (χ2v) is 9.37. The van der Waals surface area contributed by atoms with Gasteiger partial charge >= 0.3 is 0 Å². The number of piperazine rings is 1. The maximum Gasteiger partial charge on any atom is 0.262 e. The zero-order valence-corrected chi connectivity index (χ0v) is 19.0. The Morgan fingerprint density at radius 2 is 1.81 bits per heavy atom. The van der Waals surface area contributed by atoms with Crippen LogP contribution in [-0.2, 0) is 24.3 Å². The molecule has 6 nitrogen and oxygen atoms in total. The summed E-state index contributed by atoms with van der Waals surface area (Å²) in [4.78, 5) is 36.2. The number of carbonyl (C=O) groups is 1. The molecule has 1 fully saturated rings. The standard InChI is InChI=1S/C25H26N4O2S/c1-2-20-14-22-24(32-20)26-17-29(25(22)31)16-23(30)28-12-10-27(11-13-28)15-19-8-5-7-18-6-3-4-9-21(18)19/h3-9,14,17H,2,10-13,15-16H2,1H3. The zero-order chi connectivity index (χ0) is 22.1. The van der Waals surface area contributed by atoms with Crippen LogP contribution in [0.3, 0.4) is 0 Å². The lowest BCUT2D eigenvalue weighted by atomic mass is 10.0. The van der Waals surface area contributed by atoms with Crippen LogP contribution in [0.25, 0.3) is 21.0 Å². The molecule has 1 amide bonds. The Balaban J connectivity index is 1.22. The molecule has 0 bridgehead atoms. The van der Waals surface area contributed by atoms with Gasteiger partial charge in [-0.25, -0.2) is 4.98 Å². The van der Waals surface area contributed by atoms with E-state index in [4.69, 9.17) is 0 Å². The number of nitrogens with zero attached hydrogens (tertiary/aromatic N) is 4. The van der Waals surface area contributed by atoms with Gasteiger partial charge in [0.05, 0.1) is 11.7 Å². The number of carbonyl (C=O) groups excluding carboxylic acids is 1. The van der Waals surface area contributed by atoms with E-state index in [-0.39, 0.29) is 18.0 Å². The van der Waals surface area contributed by atoms with E-state index in [0.717, 1.165) is 35.8 Å². The first-order chi connectivity index (χ1) is 15.6. The molecule has 5 rings (SSSR count). The number of aromatic nitrogens is 2. The van der Waals surface area contributed by atoms with Crippen LogP contribution >= 0.6 is 11.3 Å². The zero-order valence-electron chi connectivity index (χ0n) is 18.2. The Morgan fingerprint density at radius 3 is 2.62 bits per heavy atom. The van der Waals surface area contributed by atoms with Gasteiger partial charge in [-0.05, 0) is 28.8 Å². The summed E-state index contributed by atoms with van der Waals surface area (Å²) in [5.74, 6) is -0.0241. The summed E-state index contributed by atoms with van der Waals surface area (Å²) in [5.41, 5.74) is 1.19. The lowest BCUT2D eigenvalue weighted by molar-refractivity contribution is -0.133. The van der Waals surface area contributed by atoms with E-state index in [0.29, 0.717) is 18.5 Å². The van der Waals surface area contributed by atoms with Crippen LogP contribution in [0.4, 0.5) is 0 Å². The van der Waals surface area contributed by atoms with Crippen molar-refractivity contribution >= 4 is 38.2 Å². The van der Waals surface area contributed by atoms with Crippen molar-refractivity contribution in [2.75, 3.05) is 26.2 Å². The van der Waals surface area contributed by atoms with Crippen LogP contribution < -0.4 is 5.56 Å². The molecule has 1 aliphatic rings. The Hall–Kier alpha value is -3.03. The van der Waals surface area contributed by atoms with Gasteiger partial charge in [-0.15, -0.1) is 11.3 Å². The Labute approximate surface area is 190 Å². The second kappa shape index (κ2) is 8.84. The van der Waals surface area contributed by atoms with E-state index < -0.39 is 0 Å². The number of aryl methyl sites for hydroxylation is 1. The van der Waals surface area contributed by atoms with Gasteiger partial charge < -0.3 is 4.90 Å². The smallest absolute Gasteiger partial charge is 0.262 e. The lowest BCUT2D eigenvalue weighted by Crippen LogP contribution is -2.49. The van der Waals surface area contributed by atoms with E-state index in [9.17, 15) is 9.59 Å². The largest absolute Gasteiger partial charge is 0.339 e. The number of benzene rings is 2. The van der Waals surface area contributed by atoms with Crippen LogP contribution in [0.2, 0.25) is 0 Å². The predicted octanol–water partition coefficient (Wildman–Crippen LogP) is 3.52. The monoisotopic (exact) mass is 446 g/mol. The molecule has 0 saturated carbocycles. The number of hydrogen-bond acceptors (Lipinski definition) is 5. The number of hydrogen-bond donors (Lipinski definition) is 0. The molecule has 3 heterocycles. The highest BCUT2D eigenvalue weighted by molar-refractivity contribution is 7.18. The highest BCUT2D eigenvalue weighted by Gasteiger charge is 2.22. The van der Waals surface area contributed by atoms with Gasteiger partial charge in [-0.1, -0.05) is 49.4 Å². The fourth-order valence-corrected chi connectivity index (χ4v) is 5.29. The molecule has 7 heteroatoms. The highest BCUT2D eigenvalue weighted by Crippen LogP contribution is 2.22. The minimum atomic E-state index is -0.131. The summed E-state index contributed by atoms with van der Waals surface area (Å²) in [6.07, 6.45) is 2.39. The molecule has 0 unspecified atom stereocenters. The first kappa shape index (κ1) is 20.8. The number of rotatable bonds is 5. The lowest BCUT2D eigenvalue weighted by Gasteiger charge is -2.35. The van der Waals surface area contributed by atoms with Crippen LogP contribution in [0, 0.1) is 0 Å². The van der Waals surface area contributed by atoms with Gasteiger partial charge in [0.1, 0.15) is 11.4 Å². The van der Waals surface area contributed by atoms with Gasteiger partial charge in [0.2, 0.25) is 5.91 Å². The average Bonchev–Trinajstić information content (AvgIpc) is 3.26. The summed E-state index contributed by atoms with van der Waals surface area (Å²) in [6, 6.07) is 16.8. The summed E-state index contributed by atoms with van der Waals surface area (Å²) >= 11 is 1.54. The second-order valence-electron chi connectivity index (χ2n) is 8.26. The van der Waals surface area contributed by atoms with Gasteiger partial charge in [0, 0.05) is 37.6 Å². The molecule has 32 heavy (non-hydrogen) atoms. The van der Waals surface area contributed by atoms with Crippen LogP contribution in [0.1, 0.15) is 17.4 Å². The maximum atomic E-state index is 12.9. The van der Waals surface area contributed by atoms with Crippen LogP contribution in [-0.4, -0.2) is 51.4 Å². The van der Waals surface area contributed by atoms with E-state index in [1.165, 1.54) is 27.2 Å². The summed E-state index contributed by atoms with van der Waals surface area (Å²) in [5, 5.41) is 3.16. The van der Waals surface area contributed by atoms with Crippen molar-refractivity contribution < 1.29 is 4.79 Å². The molecule has 1 aliphatic heterocycles. The molecule has 4 aromatic rings. The predicted molar refractivity (Wildman–Crippen MR) is 129 cm³/mol. The number of amides is 1. The Kier molecular flexibility index (Phi) is 5.76. The Bertz CT molecular complexity index is 1330. The Morgan fingerprint density at radius 1 is 1.03 bits per heavy atom. The SMILES string of the molecule is CCc1cc2c(=O)n(CC(=O)N3CCN(Cc4cccc5ccccc45)CC3)cnc2s1. The third-order valence-electron chi connectivity index (χ3n) is 6.22. The van der Waals surface area contributed by atoms with Crippen LogP contribution in [0.15, 0.2) is 59.7 Å². The summed E-state index contributed by atoms with van der Waals surface area (Å²) < 4.78 is 1.44.